The predicted octanol–water partition coefficient (Wildman–Crippen LogP) is 2.68. The van der Waals surface area contributed by atoms with Crippen molar-refractivity contribution in [3.05, 3.63) is 30.3 Å². The van der Waals surface area contributed by atoms with Gasteiger partial charge in [0.15, 0.2) is 11.3 Å². The van der Waals surface area contributed by atoms with Crippen LogP contribution in [0.3, 0.4) is 0 Å². The normalized spacial score (nSPS) is 10.8. The summed E-state index contributed by atoms with van der Waals surface area (Å²) in [6.45, 7) is 0. The van der Waals surface area contributed by atoms with Crippen LogP contribution >= 0.6 is 0 Å². The van der Waals surface area contributed by atoms with E-state index in [4.69, 9.17) is 25.4 Å². The van der Waals surface area contributed by atoms with E-state index < -0.39 is 0 Å². The van der Waals surface area contributed by atoms with E-state index in [1.54, 1.807) is 31.4 Å². The summed E-state index contributed by atoms with van der Waals surface area (Å²) in [5, 5.41) is 0. The SMILES string of the molecule is COc1ccc2oc(-c3cc(N)c(OC)c(N)c3)nc2c1. The van der Waals surface area contributed by atoms with Crippen molar-refractivity contribution in [2.75, 3.05) is 25.7 Å². The molecule has 3 rings (SSSR count). The largest absolute Gasteiger partial charge is 0.497 e. The van der Waals surface area contributed by atoms with Gasteiger partial charge >= 0.3 is 0 Å². The molecule has 6 nitrogen and oxygen atoms in total. The Labute approximate surface area is 121 Å². The van der Waals surface area contributed by atoms with Gasteiger partial charge in [-0.1, -0.05) is 0 Å². The molecule has 4 N–H and O–H groups in total. The van der Waals surface area contributed by atoms with E-state index in [1.165, 1.54) is 7.11 Å². The smallest absolute Gasteiger partial charge is 0.227 e. The Balaban J connectivity index is 2.12. The highest BCUT2D eigenvalue weighted by Crippen LogP contribution is 2.35. The van der Waals surface area contributed by atoms with E-state index in [0.717, 1.165) is 5.75 Å². The number of anilines is 2. The molecule has 0 unspecified atom stereocenters. The molecule has 0 fully saturated rings. The van der Waals surface area contributed by atoms with Crippen LogP contribution in [0.1, 0.15) is 0 Å². The molecule has 108 valence electrons. The average molecular weight is 285 g/mol. The second-order valence-corrected chi connectivity index (χ2v) is 4.54. The average Bonchev–Trinajstić information content (AvgIpc) is 2.89. The summed E-state index contributed by atoms with van der Waals surface area (Å²) in [6, 6.07) is 8.86. The Morgan fingerprint density at radius 2 is 1.71 bits per heavy atom. The van der Waals surface area contributed by atoms with Crippen LogP contribution in [0.4, 0.5) is 11.4 Å². The van der Waals surface area contributed by atoms with Gasteiger partial charge in [0.05, 0.1) is 25.6 Å². The molecule has 0 saturated carbocycles. The van der Waals surface area contributed by atoms with Crippen LogP contribution in [0.15, 0.2) is 34.7 Å². The zero-order valence-electron chi connectivity index (χ0n) is 11.7. The van der Waals surface area contributed by atoms with E-state index in [9.17, 15) is 0 Å². The molecular formula is C15H15N3O3. The Morgan fingerprint density at radius 1 is 1.00 bits per heavy atom. The minimum absolute atomic E-state index is 0.437. The molecular weight excluding hydrogens is 270 g/mol. The summed E-state index contributed by atoms with van der Waals surface area (Å²) < 4.78 is 16.0. The van der Waals surface area contributed by atoms with Gasteiger partial charge < -0.3 is 25.4 Å². The highest BCUT2D eigenvalue weighted by molar-refractivity contribution is 5.81. The van der Waals surface area contributed by atoms with Crippen LogP contribution in [-0.2, 0) is 0 Å². The van der Waals surface area contributed by atoms with Crippen LogP contribution in [0, 0.1) is 0 Å². The lowest BCUT2D eigenvalue weighted by Gasteiger charge is -2.08. The molecule has 1 aromatic heterocycles. The monoisotopic (exact) mass is 285 g/mol. The Bertz CT molecular complexity index is 788. The first-order valence-corrected chi connectivity index (χ1v) is 6.30. The summed E-state index contributed by atoms with van der Waals surface area (Å²) in [5.41, 5.74) is 14.8. The van der Waals surface area contributed by atoms with Crippen LogP contribution in [-0.4, -0.2) is 19.2 Å². The minimum atomic E-state index is 0.437. The summed E-state index contributed by atoms with van der Waals surface area (Å²) in [7, 11) is 3.13. The lowest BCUT2D eigenvalue weighted by atomic mass is 10.1. The van der Waals surface area contributed by atoms with Gasteiger partial charge in [-0.25, -0.2) is 4.98 Å². The molecule has 6 heteroatoms. The van der Waals surface area contributed by atoms with E-state index >= 15 is 0 Å². The standard InChI is InChI=1S/C15H15N3O3/c1-19-9-3-4-13-12(7-9)18-15(21-13)8-5-10(16)14(20-2)11(17)6-8/h3-7H,16-17H2,1-2H3. The topological polar surface area (TPSA) is 96.5 Å². The fraction of sp³-hybridized carbons (Fsp3) is 0.133. The second kappa shape index (κ2) is 4.90. The first-order chi connectivity index (χ1) is 10.1. The van der Waals surface area contributed by atoms with Crippen molar-refractivity contribution in [1.29, 1.82) is 0 Å². The highest BCUT2D eigenvalue weighted by Gasteiger charge is 2.13. The number of rotatable bonds is 3. The number of hydrogen-bond donors (Lipinski definition) is 2. The quantitative estimate of drug-likeness (QED) is 0.718. The molecule has 0 aliphatic rings. The van der Waals surface area contributed by atoms with Crippen molar-refractivity contribution in [3.8, 4) is 23.0 Å². The Morgan fingerprint density at radius 3 is 2.33 bits per heavy atom. The zero-order valence-corrected chi connectivity index (χ0v) is 11.7. The van der Waals surface area contributed by atoms with Gasteiger partial charge in [-0.3, -0.25) is 0 Å². The van der Waals surface area contributed by atoms with Crippen molar-refractivity contribution >= 4 is 22.5 Å². The molecule has 1 heterocycles. The number of hydrogen-bond acceptors (Lipinski definition) is 6. The fourth-order valence-electron chi connectivity index (χ4n) is 2.19. The third-order valence-electron chi connectivity index (χ3n) is 3.19. The van der Waals surface area contributed by atoms with Crippen molar-refractivity contribution in [2.24, 2.45) is 0 Å². The molecule has 0 amide bonds. The molecule has 0 aliphatic heterocycles. The molecule has 3 aromatic rings. The maximum atomic E-state index is 5.92. The van der Waals surface area contributed by atoms with Gasteiger partial charge in [0, 0.05) is 11.6 Å². The number of nitrogens with two attached hydrogens (primary N) is 2. The number of oxazole rings is 1. The molecule has 0 radical (unpaired) electrons. The summed E-state index contributed by atoms with van der Waals surface area (Å²) >= 11 is 0. The van der Waals surface area contributed by atoms with Gasteiger partial charge in [-0.2, -0.15) is 0 Å². The summed E-state index contributed by atoms with van der Waals surface area (Å²) in [5.74, 6) is 1.62. The number of benzene rings is 2. The van der Waals surface area contributed by atoms with Gasteiger partial charge in [0.1, 0.15) is 11.3 Å². The summed E-state index contributed by atoms with van der Waals surface area (Å²) in [4.78, 5) is 4.43. The van der Waals surface area contributed by atoms with E-state index in [0.29, 0.717) is 39.7 Å². The minimum Gasteiger partial charge on any atom is -0.497 e. The first-order valence-electron chi connectivity index (χ1n) is 6.30. The number of fused-ring (bicyclic) bond motifs is 1. The Kier molecular flexibility index (Phi) is 3.06. The van der Waals surface area contributed by atoms with E-state index in [-0.39, 0.29) is 0 Å². The maximum Gasteiger partial charge on any atom is 0.227 e. The van der Waals surface area contributed by atoms with Crippen molar-refractivity contribution in [2.45, 2.75) is 0 Å². The van der Waals surface area contributed by atoms with Crippen LogP contribution in [0.2, 0.25) is 0 Å². The number of nitrogen functional groups attached to an aromatic ring is 2. The lowest BCUT2D eigenvalue weighted by Crippen LogP contribution is -1.98. The van der Waals surface area contributed by atoms with Crippen molar-refractivity contribution in [1.82, 2.24) is 4.98 Å². The van der Waals surface area contributed by atoms with Crippen molar-refractivity contribution < 1.29 is 13.9 Å². The second-order valence-electron chi connectivity index (χ2n) is 4.54. The molecule has 0 spiro atoms. The fourth-order valence-corrected chi connectivity index (χ4v) is 2.19. The van der Waals surface area contributed by atoms with E-state index in [2.05, 4.69) is 4.98 Å². The number of methoxy groups -OCH3 is 2. The molecule has 0 bridgehead atoms. The lowest BCUT2D eigenvalue weighted by molar-refractivity contribution is 0.415. The number of aromatic nitrogens is 1. The predicted molar refractivity (Wildman–Crippen MR) is 81.4 cm³/mol. The Hall–Kier alpha value is -2.89. The summed E-state index contributed by atoms with van der Waals surface area (Å²) in [6.07, 6.45) is 0. The van der Waals surface area contributed by atoms with Gasteiger partial charge in [0.25, 0.3) is 0 Å². The van der Waals surface area contributed by atoms with Crippen LogP contribution in [0.25, 0.3) is 22.6 Å². The maximum absolute atomic E-state index is 5.92. The molecule has 21 heavy (non-hydrogen) atoms. The zero-order chi connectivity index (χ0) is 15.0. The molecule has 0 atom stereocenters. The third-order valence-corrected chi connectivity index (χ3v) is 3.19. The number of nitrogens with zero attached hydrogens (tertiary/aromatic N) is 1. The molecule has 2 aromatic carbocycles. The van der Waals surface area contributed by atoms with Crippen molar-refractivity contribution in [3.63, 3.8) is 0 Å². The van der Waals surface area contributed by atoms with Crippen LogP contribution in [0.5, 0.6) is 11.5 Å². The third kappa shape index (κ3) is 2.20. The van der Waals surface area contributed by atoms with Gasteiger partial charge in [-0.05, 0) is 24.3 Å². The first kappa shape index (κ1) is 13.1. The highest BCUT2D eigenvalue weighted by atomic mass is 16.5. The van der Waals surface area contributed by atoms with Gasteiger partial charge in [0.2, 0.25) is 5.89 Å². The molecule has 0 saturated heterocycles. The van der Waals surface area contributed by atoms with E-state index in [1.807, 2.05) is 6.07 Å². The molecule has 0 aliphatic carbocycles. The van der Waals surface area contributed by atoms with Gasteiger partial charge in [-0.15, -0.1) is 0 Å². The van der Waals surface area contributed by atoms with Crippen LogP contribution < -0.4 is 20.9 Å². The number of ether oxygens (including phenoxy) is 2.